The third-order valence-corrected chi connectivity index (χ3v) is 14.0. The SMILES string of the molecule is CC1(C)CC(C)(C)c2cc3c(cc21)oc1cccc(-c2cccc(-c4cccc(N(c5ccc6c(c5)oc5ccccc56)c5cccc6c5sc5ccccc56)c4)c2)c13. The van der Waals surface area contributed by atoms with E-state index >= 15 is 0 Å². The van der Waals surface area contributed by atoms with E-state index < -0.39 is 0 Å². The fraction of sp³-hybridized carbons (Fsp3) is 0.127. The summed E-state index contributed by atoms with van der Waals surface area (Å²) in [6.07, 6.45) is 1.12. The summed E-state index contributed by atoms with van der Waals surface area (Å²) in [6.45, 7) is 9.50. The minimum absolute atomic E-state index is 0.102. The average molecular weight is 780 g/mol. The molecule has 0 spiro atoms. The molecule has 1 aliphatic rings. The van der Waals surface area contributed by atoms with E-state index in [1.165, 1.54) is 53.2 Å². The van der Waals surface area contributed by atoms with Crippen molar-refractivity contribution in [3.05, 3.63) is 175 Å². The van der Waals surface area contributed by atoms with Gasteiger partial charge in [0.2, 0.25) is 0 Å². The molecule has 59 heavy (non-hydrogen) atoms. The fourth-order valence-corrected chi connectivity index (χ4v) is 11.6. The van der Waals surface area contributed by atoms with Crippen molar-refractivity contribution in [3.8, 4) is 22.3 Å². The third-order valence-electron chi connectivity index (χ3n) is 12.8. The minimum atomic E-state index is 0.102. The molecule has 3 aromatic heterocycles. The lowest BCUT2D eigenvalue weighted by Crippen LogP contribution is -2.17. The highest BCUT2D eigenvalue weighted by molar-refractivity contribution is 7.26. The Hall–Kier alpha value is -6.62. The van der Waals surface area contributed by atoms with Crippen LogP contribution in [0.4, 0.5) is 17.1 Å². The van der Waals surface area contributed by atoms with Gasteiger partial charge in [-0.3, -0.25) is 0 Å². The summed E-state index contributed by atoms with van der Waals surface area (Å²) in [5.74, 6) is 0. The molecule has 3 nitrogen and oxygen atoms in total. The van der Waals surface area contributed by atoms with Gasteiger partial charge in [0.1, 0.15) is 22.3 Å². The lowest BCUT2D eigenvalue weighted by atomic mass is 9.82. The third kappa shape index (κ3) is 5.26. The van der Waals surface area contributed by atoms with Crippen LogP contribution in [0.15, 0.2) is 173 Å². The van der Waals surface area contributed by atoms with Gasteiger partial charge < -0.3 is 13.7 Å². The Kier molecular flexibility index (Phi) is 7.26. The molecule has 0 unspecified atom stereocenters. The van der Waals surface area contributed by atoms with Crippen molar-refractivity contribution in [3.63, 3.8) is 0 Å². The predicted molar refractivity (Wildman–Crippen MR) is 250 cm³/mol. The molecule has 12 rings (SSSR count). The summed E-state index contributed by atoms with van der Waals surface area (Å²) in [7, 11) is 0. The molecular weight excluding hydrogens is 739 g/mol. The average Bonchev–Trinajstić information content (AvgIpc) is 3.98. The van der Waals surface area contributed by atoms with Crippen LogP contribution in [-0.4, -0.2) is 0 Å². The molecule has 0 fully saturated rings. The Labute approximate surface area is 346 Å². The van der Waals surface area contributed by atoms with E-state index in [1.54, 1.807) is 0 Å². The van der Waals surface area contributed by atoms with Crippen molar-refractivity contribution in [1.29, 1.82) is 0 Å². The fourth-order valence-electron chi connectivity index (χ4n) is 10.4. The van der Waals surface area contributed by atoms with E-state index in [9.17, 15) is 0 Å². The molecule has 0 saturated carbocycles. The van der Waals surface area contributed by atoms with Gasteiger partial charge in [0, 0.05) is 54.5 Å². The lowest BCUT2D eigenvalue weighted by Gasteiger charge is -2.26. The summed E-state index contributed by atoms with van der Waals surface area (Å²) in [5, 5.41) is 7.17. The molecule has 0 saturated heterocycles. The highest BCUT2D eigenvalue weighted by Crippen LogP contribution is 2.52. The minimum Gasteiger partial charge on any atom is -0.456 e. The van der Waals surface area contributed by atoms with Gasteiger partial charge in [-0.05, 0) is 117 Å². The first-order chi connectivity index (χ1) is 28.7. The Bertz CT molecular complexity index is 3500. The summed E-state index contributed by atoms with van der Waals surface area (Å²) in [4.78, 5) is 2.40. The summed E-state index contributed by atoms with van der Waals surface area (Å²) in [5.41, 5.74) is 14.7. The highest BCUT2D eigenvalue weighted by Gasteiger charge is 2.42. The number of thiophene rings is 1. The largest absolute Gasteiger partial charge is 0.456 e. The van der Waals surface area contributed by atoms with Crippen molar-refractivity contribution >= 4 is 92.4 Å². The van der Waals surface area contributed by atoms with Gasteiger partial charge in [-0.15, -0.1) is 11.3 Å². The van der Waals surface area contributed by atoms with Crippen molar-refractivity contribution in [2.24, 2.45) is 0 Å². The standard InChI is InChI=1S/C55H41NO2S/c1-54(2)32-55(3,4)45-31-50-43(30-44(45)54)52-38(19-12-23-48(52)58-50)35-15-9-13-33(27-35)34-14-10-16-36(28-34)56(37-25-26-40-39-17-5-7-22-47(39)57-49(40)29-37)46-21-11-20-42-41-18-6-8-24-51(41)59-53(42)46/h5-31H,32H2,1-4H3. The molecule has 0 aliphatic heterocycles. The molecule has 0 bridgehead atoms. The Morgan fingerprint density at radius 3 is 1.97 bits per heavy atom. The zero-order valence-electron chi connectivity index (χ0n) is 33.5. The van der Waals surface area contributed by atoms with Crippen LogP contribution in [0.5, 0.6) is 0 Å². The first-order valence-corrected chi connectivity index (χ1v) is 21.3. The van der Waals surface area contributed by atoms with Crippen molar-refractivity contribution in [2.45, 2.75) is 44.9 Å². The maximum Gasteiger partial charge on any atom is 0.137 e. The van der Waals surface area contributed by atoms with E-state index in [1.807, 2.05) is 23.5 Å². The van der Waals surface area contributed by atoms with Gasteiger partial charge in [-0.1, -0.05) is 119 Å². The predicted octanol–water partition coefficient (Wildman–Crippen LogP) is 16.6. The monoisotopic (exact) mass is 779 g/mol. The molecule has 8 aromatic carbocycles. The Balaban J connectivity index is 1.01. The Morgan fingerprint density at radius 2 is 1.08 bits per heavy atom. The van der Waals surface area contributed by atoms with E-state index in [0.717, 1.165) is 67.7 Å². The van der Waals surface area contributed by atoms with Crippen LogP contribution in [0.25, 0.3) is 86.3 Å². The zero-order valence-corrected chi connectivity index (χ0v) is 34.3. The molecule has 4 heteroatoms. The molecule has 284 valence electrons. The van der Waals surface area contributed by atoms with Crippen LogP contribution in [0, 0.1) is 0 Å². The number of rotatable bonds is 5. The number of furan rings is 2. The molecule has 0 amide bonds. The van der Waals surface area contributed by atoms with Crippen LogP contribution >= 0.6 is 11.3 Å². The summed E-state index contributed by atoms with van der Waals surface area (Å²) in [6, 6.07) is 59.5. The lowest BCUT2D eigenvalue weighted by molar-refractivity contribution is 0.403. The van der Waals surface area contributed by atoms with E-state index in [2.05, 4.69) is 184 Å². The van der Waals surface area contributed by atoms with Gasteiger partial charge >= 0.3 is 0 Å². The van der Waals surface area contributed by atoms with E-state index in [-0.39, 0.29) is 10.8 Å². The van der Waals surface area contributed by atoms with Gasteiger partial charge in [-0.2, -0.15) is 0 Å². The quantitative estimate of drug-likeness (QED) is 0.174. The zero-order chi connectivity index (χ0) is 39.6. The van der Waals surface area contributed by atoms with Gasteiger partial charge in [0.05, 0.1) is 10.4 Å². The topological polar surface area (TPSA) is 29.5 Å². The molecule has 11 aromatic rings. The van der Waals surface area contributed by atoms with E-state index in [0.29, 0.717) is 0 Å². The van der Waals surface area contributed by atoms with Crippen molar-refractivity contribution in [2.75, 3.05) is 4.90 Å². The summed E-state index contributed by atoms with van der Waals surface area (Å²) < 4.78 is 15.6. The molecule has 1 aliphatic carbocycles. The van der Waals surface area contributed by atoms with Crippen LogP contribution in [0.2, 0.25) is 0 Å². The van der Waals surface area contributed by atoms with E-state index in [4.69, 9.17) is 8.83 Å². The van der Waals surface area contributed by atoms with Crippen LogP contribution in [0.1, 0.15) is 45.2 Å². The first-order valence-electron chi connectivity index (χ1n) is 20.5. The smallest absolute Gasteiger partial charge is 0.137 e. The van der Waals surface area contributed by atoms with Crippen molar-refractivity contribution < 1.29 is 8.83 Å². The van der Waals surface area contributed by atoms with Crippen LogP contribution in [-0.2, 0) is 10.8 Å². The molecule has 3 heterocycles. The molecule has 0 N–H and O–H groups in total. The second-order valence-corrected chi connectivity index (χ2v) is 18.7. The van der Waals surface area contributed by atoms with Gasteiger partial charge in [0.25, 0.3) is 0 Å². The first kappa shape index (κ1) is 34.4. The number of nitrogens with zero attached hydrogens (tertiary/aromatic N) is 1. The molecule has 0 atom stereocenters. The number of benzene rings is 8. The van der Waals surface area contributed by atoms with Gasteiger partial charge in [-0.25, -0.2) is 0 Å². The van der Waals surface area contributed by atoms with Crippen LogP contribution in [0.3, 0.4) is 0 Å². The second kappa shape index (κ2) is 12.4. The normalized spacial score (nSPS) is 14.6. The van der Waals surface area contributed by atoms with Gasteiger partial charge in [0.15, 0.2) is 0 Å². The highest BCUT2D eigenvalue weighted by atomic mass is 32.1. The summed E-state index contributed by atoms with van der Waals surface area (Å²) >= 11 is 1.85. The molecule has 0 radical (unpaired) electrons. The van der Waals surface area contributed by atoms with Crippen LogP contribution < -0.4 is 4.90 Å². The number of para-hydroxylation sites is 1. The number of anilines is 3. The maximum absolute atomic E-state index is 6.62. The maximum atomic E-state index is 6.62. The number of hydrogen-bond donors (Lipinski definition) is 0. The number of hydrogen-bond acceptors (Lipinski definition) is 4. The Morgan fingerprint density at radius 1 is 0.458 bits per heavy atom. The molecular formula is C55H41NO2S. The van der Waals surface area contributed by atoms with Crippen molar-refractivity contribution in [1.82, 2.24) is 0 Å². The number of fused-ring (bicyclic) bond motifs is 10. The second-order valence-electron chi connectivity index (χ2n) is 17.6.